The van der Waals surface area contributed by atoms with Gasteiger partial charge in [-0.15, -0.1) is 0 Å². The Bertz CT molecular complexity index is 649. The lowest BCUT2D eigenvalue weighted by molar-refractivity contribution is -0.142. The van der Waals surface area contributed by atoms with Gasteiger partial charge in [0.05, 0.1) is 12.5 Å². The average molecular weight is 358 g/mol. The molecule has 0 unspecified atom stereocenters. The number of benzene rings is 1. The number of carbonyl (C=O) groups is 2. The zero-order valence-electron chi connectivity index (χ0n) is 16.2. The quantitative estimate of drug-likeness (QED) is 0.704. The van der Waals surface area contributed by atoms with Crippen LogP contribution in [0.25, 0.3) is 0 Å². The third-order valence-electron chi connectivity index (χ3n) is 5.45. The van der Waals surface area contributed by atoms with Crippen LogP contribution in [0.15, 0.2) is 18.2 Å². The molecule has 1 aliphatic heterocycles. The molecule has 1 saturated carbocycles. The summed E-state index contributed by atoms with van der Waals surface area (Å²) in [6.07, 6.45) is 4.19. The Morgan fingerprint density at radius 2 is 1.92 bits per heavy atom. The first-order valence-corrected chi connectivity index (χ1v) is 9.71. The summed E-state index contributed by atoms with van der Waals surface area (Å²) in [4.78, 5) is 28.5. The molecule has 0 spiro atoms. The summed E-state index contributed by atoms with van der Waals surface area (Å²) in [7, 11) is 1.86. The molecule has 0 aromatic heterocycles. The Balaban J connectivity index is 1.43. The fourth-order valence-electron chi connectivity index (χ4n) is 3.74. The number of rotatable bonds is 7. The molecule has 1 heterocycles. The van der Waals surface area contributed by atoms with Crippen molar-refractivity contribution in [2.45, 2.75) is 52.0 Å². The van der Waals surface area contributed by atoms with Crippen molar-refractivity contribution < 1.29 is 14.3 Å². The van der Waals surface area contributed by atoms with Gasteiger partial charge in [0.2, 0.25) is 11.8 Å². The van der Waals surface area contributed by atoms with Gasteiger partial charge in [0, 0.05) is 32.6 Å². The Labute approximate surface area is 156 Å². The van der Waals surface area contributed by atoms with E-state index in [-0.39, 0.29) is 17.7 Å². The van der Waals surface area contributed by atoms with Gasteiger partial charge in [0.25, 0.3) is 0 Å². The third kappa shape index (κ3) is 4.37. The van der Waals surface area contributed by atoms with Gasteiger partial charge >= 0.3 is 0 Å². The molecule has 0 N–H and O–H groups in total. The largest absolute Gasteiger partial charge is 0.493 e. The molecule has 142 valence electrons. The molecule has 26 heavy (non-hydrogen) atoms. The summed E-state index contributed by atoms with van der Waals surface area (Å²) >= 11 is 0. The van der Waals surface area contributed by atoms with E-state index in [0.717, 1.165) is 36.1 Å². The van der Waals surface area contributed by atoms with Crippen LogP contribution in [0.4, 0.5) is 0 Å². The first kappa shape index (κ1) is 18.7. The van der Waals surface area contributed by atoms with E-state index in [1.54, 1.807) is 4.90 Å². The third-order valence-corrected chi connectivity index (χ3v) is 5.45. The molecule has 5 nitrogen and oxygen atoms in total. The molecular weight excluding hydrogens is 328 g/mol. The average Bonchev–Trinajstić information content (AvgIpc) is 3.45. The minimum absolute atomic E-state index is 0.0437. The van der Waals surface area contributed by atoms with Crippen molar-refractivity contribution in [3.63, 3.8) is 0 Å². The van der Waals surface area contributed by atoms with Crippen molar-refractivity contribution in [3.8, 4) is 5.75 Å². The van der Waals surface area contributed by atoms with Crippen LogP contribution >= 0.6 is 0 Å². The van der Waals surface area contributed by atoms with Crippen LogP contribution in [-0.2, 0) is 9.59 Å². The number of para-hydroxylation sites is 1. The number of hydrogen-bond donors (Lipinski definition) is 0. The summed E-state index contributed by atoms with van der Waals surface area (Å²) in [6.45, 7) is 5.98. The van der Waals surface area contributed by atoms with Gasteiger partial charge < -0.3 is 14.5 Å². The molecule has 2 fully saturated rings. The highest BCUT2D eigenvalue weighted by molar-refractivity contribution is 5.84. The minimum Gasteiger partial charge on any atom is -0.493 e. The topological polar surface area (TPSA) is 49.9 Å². The number of amides is 2. The SMILES string of the molecule is Cc1cccc(C)c1OCCCN(C)C(=O)[C@@H]1CCC(=O)N(C2CC2)C1. The molecular formula is C21H30N2O3. The van der Waals surface area contributed by atoms with E-state index in [2.05, 4.69) is 0 Å². The smallest absolute Gasteiger partial charge is 0.227 e. The van der Waals surface area contributed by atoms with Crippen molar-refractivity contribution in [1.82, 2.24) is 9.80 Å². The Morgan fingerprint density at radius 3 is 2.58 bits per heavy atom. The number of ether oxygens (including phenoxy) is 1. The van der Waals surface area contributed by atoms with Gasteiger partial charge in [-0.05, 0) is 50.7 Å². The van der Waals surface area contributed by atoms with E-state index in [1.165, 1.54) is 0 Å². The number of likely N-dealkylation sites (tertiary alicyclic amines) is 1. The summed E-state index contributed by atoms with van der Waals surface area (Å²) < 4.78 is 5.92. The predicted octanol–water partition coefficient (Wildman–Crippen LogP) is 2.93. The van der Waals surface area contributed by atoms with Crippen molar-refractivity contribution in [2.75, 3.05) is 26.7 Å². The second kappa shape index (κ2) is 8.11. The normalized spacial score (nSPS) is 20.2. The number of hydrogen-bond acceptors (Lipinski definition) is 3. The molecule has 2 aliphatic rings. The summed E-state index contributed by atoms with van der Waals surface area (Å²) in [5.41, 5.74) is 2.28. The maximum absolute atomic E-state index is 12.7. The van der Waals surface area contributed by atoms with Crippen molar-refractivity contribution in [2.24, 2.45) is 5.92 Å². The van der Waals surface area contributed by atoms with Crippen molar-refractivity contribution in [3.05, 3.63) is 29.3 Å². The highest BCUT2D eigenvalue weighted by Gasteiger charge is 2.39. The zero-order valence-corrected chi connectivity index (χ0v) is 16.2. The maximum atomic E-state index is 12.7. The highest BCUT2D eigenvalue weighted by Crippen LogP contribution is 2.32. The summed E-state index contributed by atoms with van der Waals surface area (Å²) in [5, 5.41) is 0. The van der Waals surface area contributed by atoms with Gasteiger partial charge in [-0.1, -0.05) is 18.2 Å². The maximum Gasteiger partial charge on any atom is 0.227 e. The van der Waals surface area contributed by atoms with Gasteiger partial charge in [-0.25, -0.2) is 0 Å². The molecule has 5 heteroatoms. The summed E-state index contributed by atoms with van der Waals surface area (Å²) in [6, 6.07) is 6.53. The van der Waals surface area contributed by atoms with Gasteiger partial charge in [-0.3, -0.25) is 9.59 Å². The van der Waals surface area contributed by atoms with Crippen LogP contribution in [0, 0.1) is 19.8 Å². The van der Waals surface area contributed by atoms with E-state index in [9.17, 15) is 9.59 Å². The van der Waals surface area contributed by atoms with Crippen LogP contribution < -0.4 is 4.74 Å². The Kier molecular flexibility index (Phi) is 5.84. The van der Waals surface area contributed by atoms with Gasteiger partial charge in [-0.2, -0.15) is 0 Å². The fraction of sp³-hybridized carbons (Fsp3) is 0.619. The van der Waals surface area contributed by atoms with Crippen LogP contribution in [0.3, 0.4) is 0 Å². The Hall–Kier alpha value is -2.04. The van der Waals surface area contributed by atoms with Crippen LogP contribution in [-0.4, -0.2) is 54.4 Å². The molecule has 2 amide bonds. The summed E-state index contributed by atoms with van der Waals surface area (Å²) in [5.74, 6) is 1.29. The monoisotopic (exact) mass is 358 g/mol. The number of nitrogens with zero attached hydrogens (tertiary/aromatic N) is 2. The molecule has 1 aliphatic carbocycles. The van der Waals surface area contributed by atoms with E-state index < -0.39 is 0 Å². The first-order chi connectivity index (χ1) is 12.5. The van der Waals surface area contributed by atoms with E-state index in [1.807, 2.05) is 44.0 Å². The second-order valence-electron chi connectivity index (χ2n) is 7.70. The lowest BCUT2D eigenvalue weighted by Gasteiger charge is -2.34. The minimum atomic E-state index is -0.0437. The molecule has 0 bridgehead atoms. The first-order valence-electron chi connectivity index (χ1n) is 9.71. The van der Waals surface area contributed by atoms with Crippen LogP contribution in [0.1, 0.15) is 43.2 Å². The standard InChI is InChI=1S/C21H30N2O3/c1-15-6-4-7-16(2)20(15)26-13-5-12-22(3)21(25)17-8-11-19(24)23(14-17)18-9-10-18/h4,6-7,17-18H,5,8-14H2,1-3H3/t17-/m1/s1. The lowest BCUT2D eigenvalue weighted by atomic mass is 9.96. The lowest BCUT2D eigenvalue weighted by Crippen LogP contribution is -2.47. The number of aryl methyl sites for hydroxylation is 2. The fourth-order valence-corrected chi connectivity index (χ4v) is 3.74. The zero-order chi connectivity index (χ0) is 18.7. The van der Waals surface area contributed by atoms with E-state index >= 15 is 0 Å². The molecule has 3 rings (SSSR count). The molecule has 0 radical (unpaired) electrons. The second-order valence-corrected chi connectivity index (χ2v) is 7.70. The molecule has 1 atom stereocenters. The van der Waals surface area contributed by atoms with E-state index in [0.29, 0.717) is 38.6 Å². The van der Waals surface area contributed by atoms with Crippen molar-refractivity contribution >= 4 is 11.8 Å². The van der Waals surface area contributed by atoms with Crippen LogP contribution in [0.2, 0.25) is 0 Å². The molecule has 1 aromatic carbocycles. The van der Waals surface area contributed by atoms with Crippen molar-refractivity contribution in [1.29, 1.82) is 0 Å². The number of piperidine rings is 1. The molecule has 1 aromatic rings. The Morgan fingerprint density at radius 1 is 1.23 bits per heavy atom. The highest BCUT2D eigenvalue weighted by atomic mass is 16.5. The van der Waals surface area contributed by atoms with Gasteiger partial charge in [0.15, 0.2) is 0 Å². The predicted molar refractivity (Wildman–Crippen MR) is 101 cm³/mol. The van der Waals surface area contributed by atoms with Crippen LogP contribution in [0.5, 0.6) is 5.75 Å². The number of carbonyl (C=O) groups excluding carboxylic acids is 2. The molecule has 1 saturated heterocycles. The van der Waals surface area contributed by atoms with Gasteiger partial charge in [0.1, 0.15) is 5.75 Å². The van der Waals surface area contributed by atoms with E-state index in [4.69, 9.17) is 4.74 Å².